The highest BCUT2D eigenvalue weighted by molar-refractivity contribution is 8.00. The van der Waals surface area contributed by atoms with Gasteiger partial charge in [0.05, 0.1) is 18.9 Å². The van der Waals surface area contributed by atoms with Gasteiger partial charge < -0.3 is 19.3 Å². The molecule has 1 atom stereocenters. The topological polar surface area (TPSA) is 40.6 Å². The van der Waals surface area contributed by atoms with Crippen LogP contribution < -0.4 is 9.62 Å². The van der Waals surface area contributed by atoms with Gasteiger partial charge >= 0.3 is 0 Å². The summed E-state index contributed by atoms with van der Waals surface area (Å²) in [6, 6.07) is 5.44. The Morgan fingerprint density at radius 2 is 2.03 bits per heavy atom. The predicted molar refractivity (Wildman–Crippen MR) is 131 cm³/mol. The van der Waals surface area contributed by atoms with E-state index in [1.165, 1.54) is 30.7 Å². The van der Waals surface area contributed by atoms with Crippen LogP contribution in [-0.2, 0) is 4.74 Å². The van der Waals surface area contributed by atoms with Crippen LogP contribution in [0.2, 0.25) is 5.02 Å². The number of nitrogens with one attached hydrogen (secondary N) is 1. The molecule has 3 saturated heterocycles. The van der Waals surface area contributed by atoms with Crippen molar-refractivity contribution in [3.8, 4) is 0 Å². The van der Waals surface area contributed by atoms with E-state index in [1.807, 2.05) is 18.7 Å². The third-order valence-electron chi connectivity index (χ3n) is 6.55. The van der Waals surface area contributed by atoms with Crippen molar-refractivity contribution in [3.05, 3.63) is 46.9 Å². The van der Waals surface area contributed by atoms with Gasteiger partial charge in [0.15, 0.2) is 5.82 Å². The lowest BCUT2D eigenvalue weighted by molar-refractivity contribution is -0.105. The number of nitrogens with zero attached hydrogens (tertiary/aromatic N) is 3. The molecule has 0 amide bonds. The first kappa shape index (κ1) is 25.4. The number of halogens is 4. The fourth-order valence-electron chi connectivity index (χ4n) is 4.83. The van der Waals surface area contributed by atoms with Gasteiger partial charge in [0.1, 0.15) is 21.6 Å². The molecule has 1 aromatic heterocycles. The fraction of sp³-hybridized carbons (Fsp3) is 0.542. The molecule has 0 bridgehead atoms. The summed E-state index contributed by atoms with van der Waals surface area (Å²) in [6.07, 6.45) is 2.15. The zero-order valence-electron chi connectivity index (χ0n) is 19.4. The maximum Gasteiger partial charge on any atom is 0.214 e. The third kappa shape index (κ3) is 5.42. The number of likely N-dealkylation sites (tertiary alicyclic amines) is 1. The quantitative estimate of drug-likeness (QED) is 0.296. The van der Waals surface area contributed by atoms with Crippen LogP contribution in [0.1, 0.15) is 26.7 Å². The Labute approximate surface area is 208 Å². The largest absolute Gasteiger partial charge is 0.380 e. The van der Waals surface area contributed by atoms with Gasteiger partial charge in [-0.25, -0.2) is 13.8 Å². The molecule has 4 heterocycles. The molecule has 1 aromatic carbocycles. The van der Waals surface area contributed by atoms with Gasteiger partial charge in [-0.15, -0.1) is 0 Å². The third-order valence-corrected chi connectivity index (χ3v) is 7.80. The summed E-state index contributed by atoms with van der Waals surface area (Å²) >= 11 is 7.00. The number of hydrogen-bond donors (Lipinski definition) is 1. The predicted octanol–water partition coefficient (Wildman–Crippen LogP) is 5.85. The molecular formula is C24H30ClF3N4OS. The highest BCUT2D eigenvalue weighted by Crippen LogP contribution is 2.40. The Hall–Kier alpha value is -1.68. The van der Waals surface area contributed by atoms with Crippen LogP contribution in [0.25, 0.3) is 0 Å². The van der Waals surface area contributed by atoms with Crippen molar-refractivity contribution >= 4 is 35.1 Å². The van der Waals surface area contributed by atoms with Crippen LogP contribution in [0.4, 0.5) is 24.7 Å². The van der Waals surface area contributed by atoms with Gasteiger partial charge in [0.2, 0.25) is 5.95 Å². The normalized spacial score (nSPS) is 21.4. The van der Waals surface area contributed by atoms with Crippen LogP contribution in [-0.4, -0.2) is 55.8 Å². The summed E-state index contributed by atoms with van der Waals surface area (Å²) in [5.74, 6) is -1.63. The zero-order valence-corrected chi connectivity index (χ0v) is 21.0. The number of rotatable bonds is 6. The molecule has 0 unspecified atom stereocenters. The molecular weight excluding hydrogens is 485 g/mol. The van der Waals surface area contributed by atoms with Crippen molar-refractivity contribution in [2.24, 2.45) is 11.3 Å². The second kappa shape index (κ2) is 10.9. The molecule has 5 nitrogen and oxygen atoms in total. The van der Waals surface area contributed by atoms with Crippen LogP contribution >= 0.6 is 23.5 Å². The standard InChI is InChI=1S/C22H24ClF3N4OS.C2H6/c23-19-16(8-15(24)21(20(19)26)32-28-18-3-1-2-17(25)27-18)30-6-4-14(10-30)9-29-7-5-22(11-29)12-31-13-22;1-2/h1-3,8,14H,4-7,9-13H2,(H,27,28);1-2H3/t14-;/m0./s1. The summed E-state index contributed by atoms with van der Waals surface area (Å²) in [6.45, 7) is 10.3. The van der Waals surface area contributed by atoms with E-state index < -0.39 is 17.6 Å². The van der Waals surface area contributed by atoms with Gasteiger partial charge in [0.25, 0.3) is 0 Å². The summed E-state index contributed by atoms with van der Waals surface area (Å²) in [5.41, 5.74) is 0.735. The summed E-state index contributed by atoms with van der Waals surface area (Å²) in [5, 5.41) is -0.102. The van der Waals surface area contributed by atoms with Crippen molar-refractivity contribution in [1.29, 1.82) is 0 Å². The minimum absolute atomic E-state index is 0.102. The van der Waals surface area contributed by atoms with Gasteiger partial charge in [0, 0.05) is 37.7 Å². The molecule has 0 saturated carbocycles. The Morgan fingerprint density at radius 1 is 1.24 bits per heavy atom. The van der Waals surface area contributed by atoms with E-state index in [0.717, 1.165) is 45.8 Å². The van der Waals surface area contributed by atoms with E-state index in [1.54, 1.807) is 0 Å². The number of aromatic nitrogens is 1. The monoisotopic (exact) mass is 514 g/mol. The lowest BCUT2D eigenvalue weighted by atomic mass is 9.85. The minimum Gasteiger partial charge on any atom is -0.380 e. The summed E-state index contributed by atoms with van der Waals surface area (Å²) in [7, 11) is 0. The molecule has 10 heteroatoms. The van der Waals surface area contributed by atoms with Gasteiger partial charge in [-0.05, 0) is 49.4 Å². The molecule has 5 rings (SSSR count). The highest BCUT2D eigenvalue weighted by Gasteiger charge is 2.44. The maximum absolute atomic E-state index is 14.9. The van der Waals surface area contributed by atoms with E-state index >= 15 is 0 Å². The van der Waals surface area contributed by atoms with E-state index in [0.29, 0.717) is 35.5 Å². The van der Waals surface area contributed by atoms with Crippen molar-refractivity contribution in [1.82, 2.24) is 9.88 Å². The van der Waals surface area contributed by atoms with Crippen molar-refractivity contribution < 1.29 is 17.9 Å². The smallest absolute Gasteiger partial charge is 0.214 e. The second-order valence-electron chi connectivity index (χ2n) is 8.96. The first-order valence-corrected chi connectivity index (χ1v) is 12.9. The van der Waals surface area contributed by atoms with Crippen molar-refractivity contribution in [2.45, 2.75) is 31.6 Å². The Bertz CT molecular complexity index is 1010. The molecule has 0 radical (unpaired) electrons. The van der Waals surface area contributed by atoms with Crippen molar-refractivity contribution in [3.63, 3.8) is 0 Å². The van der Waals surface area contributed by atoms with E-state index in [2.05, 4.69) is 14.6 Å². The van der Waals surface area contributed by atoms with E-state index in [-0.39, 0.29) is 15.7 Å². The second-order valence-corrected chi connectivity index (χ2v) is 10.2. The number of anilines is 2. The first-order valence-electron chi connectivity index (χ1n) is 11.7. The molecule has 1 N–H and O–H groups in total. The Balaban J connectivity index is 0.00000133. The first-order chi connectivity index (χ1) is 16.4. The SMILES string of the molecule is CC.Fc1cccc(NSc2c(F)cc(N3CC[C@@H](CN4CCC5(COC5)C4)C3)c(Cl)c2F)n1. The van der Waals surface area contributed by atoms with Gasteiger partial charge in [-0.2, -0.15) is 4.39 Å². The van der Waals surface area contributed by atoms with E-state index in [4.69, 9.17) is 16.3 Å². The number of hydrogen-bond acceptors (Lipinski definition) is 6. The zero-order chi connectivity index (χ0) is 24.3. The molecule has 0 aliphatic carbocycles. The lowest BCUT2D eigenvalue weighted by Crippen LogP contribution is -2.45. The molecule has 3 fully saturated rings. The molecule has 186 valence electrons. The van der Waals surface area contributed by atoms with E-state index in [9.17, 15) is 13.2 Å². The minimum atomic E-state index is -0.828. The van der Waals surface area contributed by atoms with Crippen LogP contribution in [0.3, 0.4) is 0 Å². The van der Waals surface area contributed by atoms with Gasteiger partial charge in [-0.3, -0.25) is 0 Å². The van der Waals surface area contributed by atoms with Crippen molar-refractivity contribution in [2.75, 3.05) is 55.6 Å². The average molecular weight is 515 g/mol. The van der Waals surface area contributed by atoms with Gasteiger partial charge in [-0.1, -0.05) is 31.5 Å². The average Bonchev–Trinajstić information content (AvgIpc) is 3.45. The maximum atomic E-state index is 14.9. The molecule has 34 heavy (non-hydrogen) atoms. The fourth-order valence-corrected chi connectivity index (χ4v) is 5.83. The Kier molecular flexibility index (Phi) is 8.17. The highest BCUT2D eigenvalue weighted by atomic mass is 35.5. The molecule has 3 aliphatic rings. The lowest BCUT2D eigenvalue weighted by Gasteiger charge is -2.38. The Morgan fingerprint density at radius 3 is 2.71 bits per heavy atom. The number of ether oxygens (including phenoxy) is 1. The van der Waals surface area contributed by atoms with Crippen LogP contribution in [0, 0.1) is 28.9 Å². The van der Waals surface area contributed by atoms with Crippen LogP contribution in [0.15, 0.2) is 29.2 Å². The van der Waals surface area contributed by atoms with Crippen LogP contribution in [0.5, 0.6) is 0 Å². The summed E-state index contributed by atoms with van der Waals surface area (Å²) < 4.78 is 51.0. The summed E-state index contributed by atoms with van der Waals surface area (Å²) in [4.78, 5) is 7.81. The number of pyridine rings is 1. The molecule has 3 aliphatic heterocycles. The molecule has 1 spiro atoms. The molecule has 2 aromatic rings. The number of benzene rings is 1.